The van der Waals surface area contributed by atoms with Gasteiger partial charge in [0.15, 0.2) is 11.5 Å². The molecule has 372 valence electrons. The Balaban J connectivity index is 0.981. The molecule has 1 unspecified atom stereocenters. The summed E-state index contributed by atoms with van der Waals surface area (Å²) in [6.07, 6.45) is 4.51. The fourth-order valence-electron chi connectivity index (χ4n) is 10.2. The number of ketones is 1. The normalized spacial score (nSPS) is 18.0. The van der Waals surface area contributed by atoms with Crippen LogP contribution in [0.2, 0.25) is 0 Å². The number of aryl methyl sites for hydroxylation is 2. The van der Waals surface area contributed by atoms with Crippen LogP contribution in [0.15, 0.2) is 91.0 Å². The first-order valence-corrected chi connectivity index (χ1v) is 27.9. The predicted molar refractivity (Wildman–Crippen MR) is 280 cm³/mol. The van der Waals surface area contributed by atoms with Gasteiger partial charge in [-0.1, -0.05) is 64.9 Å². The molecule has 0 fully saturated rings. The SMILES string of the molecule is CCC(=O)CCCSSC(C)(C)C(=O)Nc1cc(COc2cc3c(cc2C)C(=O)N2c4ccccc4C[C@H]2C(S(=O)(=O)OC)C3)cc(COc2cc3c(cc2OC)C(=O)N2c4ccccc4C[C@H]2CC3)c1. The predicted octanol–water partition coefficient (Wildman–Crippen LogP) is 10.0. The van der Waals surface area contributed by atoms with E-state index in [-0.39, 0.29) is 49.2 Å². The molecule has 0 radical (unpaired) electrons. The van der Waals surface area contributed by atoms with Gasteiger partial charge in [0.2, 0.25) is 5.91 Å². The summed E-state index contributed by atoms with van der Waals surface area (Å²) in [5.74, 6) is 1.80. The summed E-state index contributed by atoms with van der Waals surface area (Å²) in [7, 11) is 1.66. The van der Waals surface area contributed by atoms with Crippen LogP contribution in [-0.2, 0) is 62.8 Å². The number of methoxy groups -OCH3 is 1. The molecular weight excluding hydrogens is 959 g/mol. The number of benzene rings is 5. The molecule has 0 aliphatic carbocycles. The monoisotopic (exact) mass is 1020 g/mol. The number of ether oxygens (including phenoxy) is 3. The number of para-hydroxylation sites is 2. The highest BCUT2D eigenvalue weighted by Crippen LogP contribution is 2.44. The van der Waals surface area contributed by atoms with Crippen molar-refractivity contribution in [2.45, 2.75) is 114 Å². The molecule has 0 aromatic heterocycles. The smallest absolute Gasteiger partial charge is 0.272 e. The summed E-state index contributed by atoms with van der Waals surface area (Å²) in [5, 5.41) is 2.10. The molecule has 13 nitrogen and oxygen atoms in total. The van der Waals surface area contributed by atoms with E-state index in [4.69, 9.17) is 18.4 Å². The summed E-state index contributed by atoms with van der Waals surface area (Å²) in [6, 6.07) is 27.8. The van der Waals surface area contributed by atoms with Crippen molar-refractivity contribution in [1.82, 2.24) is 0 Å². The summed E-state index contributed by atoms with van der Waals surface area (Å²) in [6.45, 7) is 7.59. The lowest BCUT2D eigenvalue weighted by molar-refractivity contribution is -0.119. The number of hydrogen-bond donors (Lipinski definition) is 1. The van der Waals surface area contributed by atoms with Crippen LogP contribution in [0, 0.1) is 6.92 Å². The molecule has 0 saturated heterocycles. The third kappa shape index (κ3) is 10.3. The topological polar surface area (TPSA) is 158 Å². The zero-order valence-corrected chi connectivity index (χ0v) is 43.3. The maximum Gasteiger partial charge on any atom is 0.272 e. The number of anilines is 3. The molecule has 0 bridgehead atoms. The van der Waals surface area contributed by atoms with Crippen molar-refractivity contribution < 1.29 is 46.0 Å². The van der Waals surface area contributed by atoms with E-state index in [0.29, 0.717) is 82.1 Å². The number of carbonyl (C=O) groups excluding carboxylic acids is 4. The highest BCUT2D eigenvalue weighted by Gasteiger charge is 2.48. The lowest BCUT2D eigenvalue weighted by Gasteiger charge is -2.28. The molecule has 0 saturated carbocycles. The number of rotatable bonds is 18. The molecule has 5 aromatic rings. The van der Waals surface area contributed by atoms with E-state index in [1.165, 1.54) is 16.4 Å². The number of nitrogens with zero attached hydrogens (tertiary/aromatic N) is 2. The summed E-state index contributed by atoms with van der Waals surface area (Å²) >= 11 is 0. The van der Waals surface area contributed by atoms with E-state index in [1.807, 2.05) is 99.3 Å². The fraction of sp³-hybridized carbons (Fsp3) is 0.382. The van der Waals surface area contributed by atoms with Crippen molar-refractivity contribution in [3.05, 3.63) is 141 Å². The first-order valence-electron chi connectivity index (χ1n) is 24.1. The van der Waals surface area contributed by atoms with Gasteiger partial charge in [-0.05, 0) is 153 Å². The van der Waals surface area contributed by atoms with Crippen LogP contribution >= 0.6 is 21.6 Å². The second-order valence-electron chi connectivity index (χ2n) is 19.1. The molecule has 71 heavy (non-hydrogen) atoms. The molecule has 0 spiro atoms. The van der Waals surface area contributed by atoms with Gasteiger partial charge in [0.25, 0.3) is 21.9 Å². The van der Waals surface area contributed by atoms with Crippen LogP contribution in [0.1, 0.15) is 106 Å². The van der Waals surface area contributed by atoms with Gasteiger partial charge in [0.1, 0.15) is 30.0 Å². The fourth-order valence-corrected chi connectivity index (χ4v) is 13.9. The number of hydrogen-bond acceptors (Lipinski definition) is 12. The largest absolute Gasteiger partial charge is 0.493 e. The summed E-state index contributed by atoms with van der Waals surface area (Å²) in [5.41, 5.74) is 8.81. The number of amides is 3. The third-order valence-corrected chi connectivity index (χ3v) is 18.9. The second kappa shape index (κ2) is 20.7. The van der Waals surface area contributed by atoms with Crippen molar-refractivity contribution in [2.24, 2.45) is 0 Å². The molecular formula is C55H59N3O10S3. The second-order valence-corrected chi connectivity index (χ2v) is 24.1. The van der Waals surface area contributed by atoms with E-state index in [0.717, 1.165) is 54.5 Å². The third-order valence-electron chi connectivity index (χ3n) is 14.0. The van der Waals surface area contributed by atoms with E-state index in [1.54, 1.807) is 41.0 Å². The van der Waals surface area contributed by atoms with Gasteiger partial charge in [-0.3, -0.25) is 23.4 Å². The standard InChI is InChI=1S/C55H59N3O10S3/c1-7-42(59)15-12-20-69-70-55(3,4)54(62)56-40-23-34(22-35(24-40)32-68-50-27-36-18-19-41-25-37-13-8-10-16-45(37)57(41)52(60)44(36)30-49(50)65-5)31-67-48-28-39-29-51(71(63,64)66-6)47-26-38-14-9-11-17-46(38)58(47)53(61)43(39)21-33(48)2/h8-11,13-14,16-17,21-24,27-28,30,41,47,51H,7,12,15,18-20,25-26,29,31-32H2,1-6H3,(H,56,62)/t41-,47+,51?/m1/s1. The van der Waals surface area contributed by atoms with Crippen LogP contribution in [0.4, 0.5) is 17.1 Å². The van der Waals surface area contributed by atoms with Gasteiger partial charge < -0.3 is 29.3 Å². The zero-order valence-electron chi connectivity index (χ0n) is 40.9. The quantitative estimate of drug-likeness (QED) is 0.0504. The van der Waals surface area contributed by atoms with Crippen molar-refractivity contribution >= 4 is 72.3 Å². The first-order chi connectivity index (χ1) is 34.1. The Morgan fingerprint density at radius 2 is 1.39 bits per heavy atom. The van der Waals surface area contributed by atoms with Crippen LogP contribution in [0.5, 0.6) is 17.2 Å². The van der Waals surface area contributed by atoms with E-state index < -0.39 is 26.2 Å². The van der Waals surface area contributed by atoms with E-state index in [2.05, 4.69) is 11.4 Å². The molecule has 4 aliphatic heterocycles. The molecule has 3 amide bonds. The maximum absolute atomic E-state index is 14.4. The Hall–Kier alpha value is -5.81. The van der Waals surface area contributed by atoms with Crippen LogP contribution in [-0.4, -0.2) is 74.0 Å². The van der Waals surface area contributed by atoms with Crippen molar-refractivity contribution in [3.8, 4) is 17.2 Å². The van der Waals surface area contributed by atoms with Gasteiger partial charge in [-0.25, -0.2) is 0 Å². The number of carbonyl (C=O) groups is 4. The molecule has 3 atom stereocenters. The number of nitrogens with one attached hydrogen (secondary N) is 1. The zero-order chi connectivity index (χ0) is 50.2. The van der Waals surface area contributed by atoms with Gasteiger partial charge in [0.05, 0.1) is 25.0 Å². The molecule has 1 N–H and O–H groups in total. The minimum Gasteiger partial charge on any atom is -0.493 e. The van der Waals surface area contributed by atoms with Crippen molar-refractivity contribution in [1.29, 1.82) is 0 Å². The molecule has 16 heteroatoms. The minimum absolute atomic E-state index is 0.0438. The molecule has 4 heterocycles. The first kappa shape index (κ1) is 50.1. The average Bonchev–Trinajstić information content (AvgIpc) is 3.87. The highest BCUT2D eigenvalue weighted by atomic mass is 33.1. The Bertz CT molecular complexity index is 3030. The molecule has 5 aromatic carbocycles. The van der Waals surface area contributed by atoms with Crippen LogP contribution in [0.25, 0.3) is 0 Å². The minimum atomic E-state index is -4.08. The van der Waals surface area contributed by atoms with Crippen LogP contribution < -0.4 is 29.3 Å². The number of fused-ring (bicyclic) bond motifs is 8. The highest BCUT2D eigenvalue weighted by molar-refractivity contribution is 8.77. The Morgan fingerprint density at radius 1 is 0.761 bits per heavy atom. The summed E-state index contributed by atoms with van der Waals surface area (Å²) < 4.78 is 50.3. The number of Topliss-reactive ketones (excluding diaryl/α,β-unsaturated/α-hetero) is 1. The van der Waals surface area contributed by atoms with E-state index in [9.17, 15) is 27.6 Å². The van der Waals surface area contributed by atoms with Gasteiger partial charge in [-0.2, -0.15) is 8.42 Å². The Labute approximate surface area is 423 Å². The molecule has 9 rings (SSSR count). The lowest BCUT2D eigenvalue weighted by Crippen LogP contribution is -2.47. The maximum atomic E-state index is 14.4. The van der Waals surface area contributed by atoms with Gasteiger partial charge in [0, 0.05) is 52.8 Å². The van der Waals surface area contributed by atoms with E-state index >= 15 is 0 Å². The molecule has 4 aliphatic rings. The van der Waals surface area contributed by atoms with Crippen molar-refractivity contribution in [2.75, 3.05) is 35.1 Å². The Morgan fingerprint density at radius 3 is 2.08 bits per heavy atom. The van der Waals surface area contributed by atoms with Gasteiger partial charge in [-0.15, -0.1) is 0 Å². The Kier molecular flexibility index (Phi) is 14.6. The van der Waals surface area contributed by atoms with Crippen LogP contribution in [0.3, 0.4) is 0 Å². The van der Waals surface area contributed by atoms with Gasteiger partial charge >= 0.3 is 0 Å². The van der Waals surface area contributed by atoms with Crippen molar-refractivity contribution in [3.63, 3.8) is 0 Å². The summed E-state index contributed by atoms with van der Waals surface area (Å²) in [4.78, 5) is 57.9. The average molecular weight is 1020 g/mol. The lowest BCUT2D eigenvalue weighted by atomic mass is 9.97.